The summed E-state index contributed by atoms with van der Waals surface area (Å²) in [6.45, 7) is 7.81. The van der Waals surface area contributed by atoms with Gasteiger partial charge in [-0.2, -0.15) is 0 Å². The van der Waals surface area contributed by atoms with Crippen molar-refractivity contribution in [2.24, 2.45) is 0 Å². The van der Waals surface area contributed by atoms with Crippen molar-refractivity contribution < 1.29 is 4.79 Å². The van der Waals surface area contributed by atoms with Crippen molar-refractivity contribution in [1.29, 1.82) is 0 Å². The van der Waals surface area contributed by atoms with E-state index in [2.05, 4.69) is 29.0 Å². The summed E-state index contributed by atoms with van der Waals surface area (Å²) in [5, 5.41) is 3.59. The minimum Gasteiger partial charge on any atom is -0.322 e. The summed E-state index contributed by atoms with van der Waals surface area (Å²) in [6, 6.07) is 0.327. The highest BCUT2D eigenvalue weighted by Gasteiger charge is 2.52. The number of hydrogen-bond acceptors (Lipinski definition) is 3. The molecule has 1 aliphatic carbocycles. The van der Waals surface area contributed by atoms with Crippen LogP contribution in [0.3, 0.4) is 0 Å². The fraction of sp³-hybridized carbons (Fsp3) is 0.933. The topological polar surface area (TPSA) is 35.6 Å². The van der Waals surface area contributed by atoms with Crippen LogP contribution in [0.5, 0.6) is 0 Å². The lowest BCUT2D eigenvalue weighted by Crippen LogP contribution is -2.48. The Morgan fingerprint density at radius 3 is 2.53 bits per heavy atom. The second-order valence-electron chi connectivity index (χ2n) is 6.68. The van der Waals surface area contributed by atoms with E-state index in [-0.39, 0.29) is 11.7 Å². The van der Waals surface area contributed by atoms with Gasteiger partial charge in [0.1, 0.15) is 0 Å². The Balaban J connectivity index is 1.67. The van der Waals surface area contributed by atoms with E-state index in [0.717, 1.165) is 19.4 Å². The van der Waals surface area contributed by atoms with Gasteiger partial charge < -0.3 is 9.80 Å². The summed E-state index contributed by atoms with van der Waals surface area (Å²) in [6.07, 6.45) is 7.28. The monoisotopic (exact) mass is 265 g/mol. The molecule has 2 unspecified atom stereocenters. The second-order valence-corrected chi connectivity index (χ2v) is 6.68. The molecule has 2 heterocycles. The van der Waals surface area contributed by atoms with Gasteiger partial charge in [0.05, 0.1) is 11.7 Å². The molecular formula is C15H27N3O. The van der Waals surface area contributed by atoms with E-state index in [9.17, 15) is 4.79 Å². The largest absolute Gasteiger partial charge is 0.322 e. The summed E-state index contributed by atoms with van der Waals surface area (Å²) < 4.78 is 0. The molecule has 3 fully saturated rings. The minimum absolute atomic E-state index is 0.197. The molecule has 19 heavy (non-hydrogen) atoms. The van der Waals surface area contributed by atoms with Crippen molar-refractivity contribution in [3.8, 4) is 0 Å². The molecule has 2 atom stereocenters. The van der Waals surface area contributed by atoms with Crippen LogP contribution in [0.15, 0.2) is 0 Å². The SMILES string of the molecule is CC(CN1CCCC1)N1C(=O)C2(CCCC2)NC1C. The number of amides is 1. The van der Waals surface area contributed by atoms with Gasteiger partial charge in [-0.05, 0) is 52.6 Å². The van der Waals surface area contributed by atoms with Crippen LogP contribution in [0.1, 0.15) is 52.4 Å². The number of nitrogens with one attached hydrogen (secondary N) is 1. The van der Waals surface area contributed by atoms with Gasteiger partial charge in [-0.1, -0.05) is 12.8 Å². The molecule has 3 rings (SSSR count). The van der Waals surface area contributed by atoms with Gasteiger partial charge in [0.15, 0.2) is 0 Å². The van der Waals surface area contributed by atoms with Crippen molar-refractivity contribution in [2.45, 2.75) is 70.1 Å². The van der Waals surface area contributed by atoms with E-state index in [1.54, 1.807) is 0 Å². The predicted octanol–water partition coefficient (Wildman–Crippen LogP) is 1.56. The number of likely N-dealkylation sites (tertiary alicyclic amines) is 1. The highest BCUT2D eigenvalue weighted by Crippen LogP contribution is 2.37. The zero-order valence-corrected chi connectivity index (χ0v) is 12.3. The zero-order chi connectivity index (χ0) is 13.5. The Labute approximate surface area is 116 Å². The summed E-state index contributed by atoms with van der Waals surface area (Å²) in [5.41, 5.74) is -0.210. The summed E-state index contributed by atoms with van der Waals surface area (Å²) in [5.74, 6) is 0.365. The lowest BCUT2D eigenvalue weighted by molar-refractivity contribution is -0.135. The maximum atomic E-state index is 12.8. The van der Waals surface area contributed by atoms with E-state index in [1.807, 2.05) is 0 Å². The van der Waals surface area contributed by atoms with E-state index in [4.69, 9.17) is 0 Å². The molecule has 4 heteroatoms. The minimum atomic E-state index is -0.210. The number of nitrogens with zero attached hydrogens (tertiary/aromatic N) is 2. The van der Waals surface area contributed by atoms with Gasteiger partial charge in [0.2, 0.25) is 5.91 Å². The first kappa shape index (κ1) is 13.4. The van der Waals surface area contributed by atoms with Crippen LogP contribution >= 0.6 is 0 Å². The first-order chi connectivity index (χ1) is 9.12. The molecule has 1 amide bonds. The average molecular weight is 265 g/mol. The molecule has 0 radical (unpaired) electrons. The first-order valence-corrected chi connectivity index (χ1v) is 7.95. The number of carbonyl (C=O) groups is 1. The Bertz CT molecular complexity index is 345. The van der Waals surface area contributed by atoms with Crippen molar-refractivity contribution in [3.05, 3.63) is 0 Å². The van der Waals surface area contributed by atoms with Crippen molar-refractivity contribution in [2.75, 3.05) is 19.6 Å². The van der Waals surface area contributed by atoms with E-state index < -0.39 is 0 Å². The molecule has 108 valence electrons. The average Bonchev–Trinajstić information content (AvgIpc) is 3.04. The van der Waals surface area contributed by atoms with Gasteiger partial charge in [-0.25, -0.2) is 0 Å². The smallest absolute Gasteiger partial charge is 0.244 e. The van der Waals surface area contributed by atoms with Crippen LogP contribution in [0.2, 0.25) is 0 Å². The van der Waals surface area contributed by atoms with Crippen LogP contribution in [-0.2, 0) is 4.79 Å². The van der Waals surface area contributed by atoms with Crippen LogP contribution in [0.4, 0.5) is 0 Å². The van der Waals surface area contributed by atoms with E-state index >= 15 is 0 Å². The highest BCUT2D eigenvalue weighted by molar-refractivity contribution is 5.89. The van der Waals surface area contributed by atoms with Crippen molar-refractivity contribution in [3.63, 3.8) is 0 Å². The van der Waals surface area contributed by atoms with Crippen molar-refractivity contribution >= 4 is 5.91 Å². The van der Waals surface area contributed by atoms with Gasteiger partial charge in [0.25, 0.3) is 0 Å². The molecule has 4 nitrogen and oxygen atoms in total. The quantitative estimate of drug-likeness (QED) is 0.841. The molecule has 2 saturated heterocycles. The summed E-state index contributed by atoms with van der Waals surface area (Å²) >= 11 is 0. The molecule has 1 N–H and O–H groups in total. The molecule has 1 spiro atoms. The van der Waals surface area contributed by atoms with E-state index in [1.165, 1.54) is 38.8 Å². The maximum Gasteiger partial charge on any atom is 0.244 e. The lowest BCUT2D eigenvalue weighted by atomic mass is 9.97. The fourth-order valence-electron chi connectivity index (χ4n) is 4.30. The van der Waals surface area contributed by atoms with E-state index in [0.29, 0.717) is 11.9 Å². The third-order valence-corrected chi connectivity index (χ3v) is 5.20. The molecule has 0 aromatic carbocycles. The molecule has 0 aromatic heterocycles. The zero-order valence-electron chi connectivity index (χ0n) is 12.3. The fourth-order valence-corrected chi connectivity index (χ4v) is 4.30. The lowest BCUT2D eigenvalue weighted by Gasteiger charge is -2.31. The Kier molecular flexibility index (Phi) is 3.56. The molecule has 2 aliphatic heterocycles. The van der Waals surface area contributed by atoms with Crippen molar-refractivity contribution in [1.82, 2.24) is 15.1 Å². The summed E-state index contributed by atoms with van der Waals surface area (Å²) in [4.78, 5) is 17.4. The number of hydrogen-bond donors (Lipinski definition) is 1. The van der Waals surface area contributed by atoms with Gasteiger partial charge in [0, 0.05) is 12.6 Å². The normalized spacial score (nSPS) is 32.6. The Hall–Kier alpha value is -0.610. The third-order valence-electron chi connectivity index (χ3n) is 5.20. The Morgan fingerprint density at radius 2 is 1.89 bits per heavy atom. The van der Waals surface area contributed by atoms with Crippen LogP contribution in [0, 0.1) is 0 Å². The number of rotatable bonds is 3. The first-order valence-electron chi connectivity index (χ1n) is 7.95. The van der Waals surface area contributed by atoms with Gasteiger partial charge in [-0.3, -0.25) is 10.1 Å². The Morgan fingerprint density at radius 1 is 1.26 bits per heavy atom. The standard InChI is InChI=1S/C15H27N3O/c1-12(11-17-9-5-6-10-17)18-13(2)16-15(14(18)19)7-3-4-8-15/h12-13,16H,3-11H2,1-2H3. The molecule has 3 aliphatic rings. The van der Waals surface area contributed by atoms with Crippen LogP contribution in [-0.4, -0.2) is 53.1 Å². The third kappa shape index (κ3) is 2.29. The van der Waals surface area contributed by atoms with Crippen LogP contribution < -0.4 is 5.32 Å². The van der Waals surface area contributed by atoms with Crippen LogP contribution in [0.25, 0.3) is 0 Å². The molecular weight excluding hydrogens is 238 g/mol. The van der Waals surface area contributed by atoms with Gasteiger partial charge in [-0.15, -0.1) is 0 Å². The summed E-state index contributed by atoms with van der Waals surface area (Å²) in [7, 11) is 0. The molecule has 0 aromatic rings. The van der Waals surface area contributed by atoms with Gasteiger partial charge >= 0.3 is 0 Å². The highest BCUT2D eigenvalue weighted by atomic mass is 16.2. The predicted molar refractivity (Wildman–Crippen MR) is 75.8 cm³/mol. The molecule has 0 bridgehead atoms. The number of carbonyl (C=O) groups excluding carboxylic acids is 1. The maximum absolute atomic E-state index is 12.8. The second kappa shape index (κ2) is 5.06. The molecule has 1 saturated carbocycles.